The summed E-state index contributed by atoms with van der Waals surface area (Å²) < 4.78 is 4.60. The predicted molar refractivity (Wildman–Crippen MR) is 85.5 cm³/mol. The summed E-state index contributed by atoms with van der Waals surface area (Å²) in [5.74, 6) is 0.548. The van der Waals surface area contributed by atoms with Gasteiger partial charge in [0.25, 0.3) is 0 Å². The SMILES string of the molecule is CC1=C(C)C(C)[C]([Ti+2][NH]C(=O)c2ccccc2)=C1C.[Cl-].[Cl-].[SiH4]. The van der Waals surface area contributed by atoms with Gasteiger partial charge in [-0.1, -0.05) is 0 Å². The number of rotatable bonds is 3. The van der Waals surface area contributed by atoms with E-state index in [1.165, 1.54) is 20.6 Å². The Labute approximate surface area is 159 Å². The maximum absolute atomic E-state index is 12.1. The van der Waals surface area contributed by atoms with Crippen LogP contribution >= 0.6 is 0 Å². The molecule has 1 unspecified atom stereocenters. The summed E-state index contributed by atoms with van der Waals surface area (Å²) in [5, 5.41) is 0. The third-order valence-corrected chi connectivity index (χ3v) is 6.22. The van der Waals surface area contributed by atoms with Crippen LogP contribution in [0.2, 0.25) is 0 Å². The van der Waals surface area contributed by atoms with E-state index in [2.05, 4.69) is 31.5 Å². The van der Waals surface area contributed by atoms with E-state index >= 15 is 0 Å². The molecule has 0 fully saturated rings. The van der Waals surface area contributed by atoms with E-state index in [0.29, 0.717) is 5.92 Å². The summed E-state index contributed by atoms with van der Waals surface area (Å²) >= 11 is -0.588. The van der Waals surface area contributed by atoms with Crippen LogP contribution < -0.4 is 28.6 Å². The normalized spacial score (nSPS) is 16.1. The average Bonchev–Trinajstić information content (AvgIpc) is 2.62. The quantitative estimate of drug-likeness (QED) is 0.526. The van der Waals surface area contributed by atoms with Crippen LogP contribution in [0.5, 0.6) is 0 Å². The molecule has 1 aliphatic carbocycles. The van der Waals surface area contributed by atoms with Crippen molar-refractivity contribution in [3.63, 3.8) is 0 Å². The number of benzene rings is 1. The minimum atomic E-state index is -0.588. The Hall–Kier alpha value is -0.319. The van der Waals surface area contributed by atoms with Gasteiger partial charge in [0.1, 0.15) is 0 Å². The molecule has 1 amide bonds. The molecule has 6 heteroatoms. The fourth-order valence-corrected chi connectivity index (χ4v) is 4.23. The molecule has 1 atom stereocenters. The molecule has 1 N–H and O–H groups in total. The van der Waals surface area contributed by atoms with Crippen molar-refractivity contribution in [3.05, 3.63) is 56.5 Å². The molecule has 0 aromatic heterocycles. The van der Waals surface area contributed by atoms with Crippen molar-refractivity contribution in [2.45, 2.75) is 27.7 Å². The van der Waals surface area contributed by atoms with E-state index in [1.54, 1.807) is 0 Å². The standard InChI is InChI=1S/C9H13.C7H7NO.2ClH.H4Si.Ti/c1-6-5-7(2)9(4)8(6)3;8-7(9)6-4-2-1-3-5-6;;;;/h6H,1-4H3;1-5H,(H2,8,9);2*1H;1H4;/q;;;;;+3/p-3. The van der Waals surface area contributed by atoms with Crippen LogP contribution in [-0.4, -0.2) is 16.9 Å². The predicted octanol–water partition coefficient (Wildman–Crippen LogP) is -3.77. The molecule has 22 heavy (non-hydrogen) atoms. The van der Waals surface area contributed by atoms with Crippen LogP contribution in [-0.2, 0) is 19.4 Å². The van der Waals surface area contributed by atoms with Crippen molar-refractivity contribution >= 4 is 16.9 Å². The second-order valence-corrected chi connectivity index (χ2v) is 6.64. The van der Waals surface area contributed by atoms with Gasteiger partial charge in [-0.05, 0) is 11.0 Å². The molecular weight excluding hydrogens is 369 g/mol. The number of hydrogen-bond donors (Lipinski definition) is 1. The van der Waals surface area contributed by atoms with E-state index in [9.17, 15) is 4.79 Å². The van der Waals surface area contributed by atoms with Gasteiger partial charge in [-0.15, -0.1) is 0 Å². The summed E-state index contributed by atoms with van der Waals surface area (Å²) in [7, 11) is 0. The Kier molecular flexibility index (Phi) is 11.4. The zero-order chi connectivity index (χ0) is 14.0. The van der Waals surface area contributed by atoms with Crippen molar-refractivity contribution in [2.24, 2.45) is 5.92 Å². The number of carbonyl (C=O) groups excluding carboxylic acids is 1. The summed E-state index contributed by atoms with van der Waals surface area (Å²) in [6.45, 7) is 8.79. The van der Waals surface area contributed by atoms with Gasteiger partial charge >= 0.3 is 124 Å². The minimum absolute atomic E-state index is 0. The number of carbonyl (C=O) groups is 1. The molecule has 1 aromatic carbocycles. The molecular formula is C16H23Cl2NOSiTi. The molecule has 0 saturated heterocycles. The first-order valence-electron chi connectivity index (χ1n) is 6.52. The van der Waals surface area contributed by atoms with Crippen LogP contribution in [0.25, 0.3) is 0 Å². The molecule has 0 aliphatic heterocycles. The van der Waals surface area contributed by atoms with Gasteiger partial charge < -0.3 is 24.8 Å². The molecule has 1 aromatic rings. The Bertz CT molecular complexity index is 573. The average molecular weight is 392 g/mol. The monoisotopic (exact) mass is 391 g/mol. The summed E-state index contributed by atoms with van der Waals surface area (Å²) in [4.78, 5) is 12.1. The topological polar surface area (TPSA) is 29.1 Å². The van der Waals surface area contributed by atoms with Gasteiger partial charge in [0, 0.05) is 0 Å². The maximum Gasteiger partial charge on any atom is -0.0149 e. The fourth-order valence-electron chi connectivity index (χ4n) is 2.35. The van der Waals surface area contributed by atoms with E-state index in [1.807, 2.05) is 30.3 Å². The van der Waals surface area contributed by atoms with E-state index in [4.69, 9.17) is 0 Å². The molecule has 0 radical (unpaired) electrons. The second-order valence-electron chi connectivity index (χ2n) is 5.01. The van der Waals surface area contributed by atoms with E-state index in [-0.39, 0.29) is 41.7 Å². The van der Waals surface area contributed by atoms with Crippen LogP contribution in [0, 0.1) is 5.92 Å². The van der Waals surface area contributed by atoms with Crippen LogP contribution in [0.1, 0.15) is 38.1 Å². The fraction of sp³-hybridized carbons (Fsp3) is 0.312. The molecule has 0 saturated carbocycles. The molecule has 2 nitrogen and oxygen atoms in total. The van der Waals surface area contributed by atoms with Crippen LogP contribution in [0.3, 0.4) is 0 Å². The number of allylic oxidation sites excluding steroid dienone is 4. The number of hydrogen-bond acceptors (Lipinski definition) is 1. The van der Waals surface area contributed by atoms with Crippen molar-refractivity contribution in [1.29, 1.82) is 0 Å². The zero-order valence-electron chi connectivity index (χ0n) is 12.6. The first-order valence-corrected chi connectivity index (χ1v) is 8.08. The Morgan fingerprint density at radius 2 is 1.59 bits per heavy atom. The molecule has 1 aliphatic rings. The van der Waals surface area contributed by atoms with Crippen LogP contribution in [0.4, 0.5) is 0 Å². The van der Waals surface area contributed by atoms with Gasteiger partial charge in [0.2, 0.25) is 0 Å². The Balaban J connectivity index is 0. The van der Waals surface area contributed by atoms with Gasteiger partial charge in [0.15, 0.2) is 0 Å². The van der Waals surface area contributed by atoms with Gasteiger partial charge in [-0.3, -0.25) is 0 Å². The summed E-state index contributed by atoms with van der Waals surface area (Å²) in [5.41, 5.74) is 4.99. The van der Waals surface area contributed by atoms with Crippen molar-refractivity contribution in [3.8, 4) is 0 Å². The molecule has 0 heterocycles. The van der Waals surface area contributed by atoms with E-state index < -0.39 is 19.4 Å². The zero-order valence-corrected chi connectivity index (χ0v) is 15.7. The first-order chi connectivity index (χ1) is 9.02. The Morgan fingerprint density at radius 1 is 1.05 bits per heavy atom. The first kappa shape index (κ1) is 23.9. The smallest absolute Gasteiger partial charge is 0.0149 e. The number of amides is 1. The minimum Gasteiger partial charge on any atom is -1.00 e. The van der Waals surface area contributed by atoms with E-state index in [0.717, 1.165) is 5.56 Å². The molecule has 0 bridgehead atoms. The van der Waals surface area contributed by atoms with Gasteiger partial charge in [-0.2, -0.15) is 0 Å². The molecule has 120 valence electrons. The maximum atomic E-state index is 12.1. The second kappa shape index (κ2) is 10.5. The molecule has 0 spiro atoms. The van der Waals surface area contributed by atoms with Gasteiger partial charge in [0.05, 0.1) is 0 Å². The largest absolute Gasteiger partial charge is 1.00 e. The summed E-state index contributed by atoms with van der Waals surface area (Å²) in [6, 6.07) is 9.43. The van der Waals surface area contributed by atoms with Crippen molar-refractivity contribution in [2.75, 3.05) is 0 Å². The third-order valence-electron chi connectivity index (χ3n) is 3.99. The van der Waals surface area contributed by atoms with Crippen molar-refractivity contribution < 1.29 is 49.0 Å². The van der Waals surface area contributed by atoms with Crippen molar-refractivity contribution in [1.82, 2.24) is 3.80 Å². The summed E-state index contributed by atoms with van der Waals surface area (Å²) in [6.07, 6.45) is 0. The number of nitrogens with one attached hydrogen (secondary N) is 1. The molecule has 2 rings (SSSR count). The Morgan fingerprint density at radius 3 is 2.05 bits per heavy atom. The third kappa shape index (κ3) is 5.10. The van der Waals surface area contributed by atoms with Gasteiger partial charge in [-0.25, -0.2) is 0 Å². The van der Waals surface area contributed by atoms with Crippen LogP contribution in [0.15, 0.2) is 50.9 Å². The number of halogens is 2.